The number of benzene rings is 3. The molecule has 0 aliphatic rings. The predicted molar refractivity (Wildman–Crippen MR) is 102 cm³/mol. The van der Waals surface area contributed by atoms with Crippen LogP contribution in [-0.4, -0.2) is 5.97 Å². The highest BCUT2D eigenvalue weighted by atomic mass is 35.5. The van der Waals surface area contributed by atoms with Crippen molar-refractivity contribution in [3.05, 3.63) is 100 Å². The van der Waals surface area contributed by atoms with Gasteiger partial charge < -0.3 is 20.0 Å². The van der Waals surface area contributed by atoms with Crippen LogP contribution in [0, 0.1) is 0 Å². The number of aromatic carboxylic acids is 1. The van der Waals surface area contributed by atoms with Gasteiger partial charge in [-0.05, 0) is 35.4 Å². The Kier molecular flexibility index (Phi) is 6.47. The van der Waals surface area contributed by atoms with Crippen LogP contribution in [0.2, 0.25) is 5.02 Å². The van der Waals surface area contributed by atoms with Gasteiger partial charge >= 0.3 is 0 Å². The lowest BCUT2D eigenvalue weighted by Gasteiger charge is -2.08. The molecule has 138 valence electrons. The SMILES string of the molecule is O=C([O-])c1ccc(C[NH2+]Cc2cccc(OCc3ccc(Cl)cc3)c2)cc1. The van der Waals surface area contributed by atoms with Crippen LogP contribution < -0.4 is 15.2 Å². The third kappa shape index (κ3) is 5.84. The molecule has 0 atom stereocenters. The molecule has 0 fully saturated rings. The smallest absolute Gasteiger partial charge is 0.120 e. The van der Waals surface area contributed by atoms with Crippen molar-refractivity contribution in [2.75, 3.05) is 0 Å². The molecule has 0 aromatic heterocycles. The van der Waals surface area contributed by atoms with Gasteiger partial charge in [0.25, 0.3) is 0 Å². The van der Waals surface area contributed by atoms with E-state index < -0.39 is 5.97 Å². The van der Waals surface area contributed by atoms with Crippen LogP contribution in [0.3, 0.4) is 0 Å². The lowest BCUT2D eigenvalue weighted by Crippen LogP contribution is -2.80. The second-order valence-corrected chi connectivity index (χ2v) is 6.68. The molecule has 0 radical (unpaired) electrons. The number of hydrogen-bond donors (Lipinski definition) is 1. The number of carbonyl (C=O) groups excluding carboxylic acids is 1. The number of carbonyl (C=O) groups is 1. The highest BCUT2D eigenvalue weighted by Crippen LogP contribution is 2.16. The molecular weight excluding hydrogens is 362 g/mol. The second-order valence-electron chi connectivity index (χ2n) is 6.24. The van der Waals surface area contributed by atoms with Crippen molar-refractivity contribution in [2.45, 2.75) is 19.7 Å². The first kappa shape index (κ1) is 19.0. The highest BCUT2D eigenvalue weighted by Gasteiger charge is 2.02. The van der Waals surface area contributed by atoms with Gasteiger partial charge in [-0.25, -0.2) is 0 Å². The van der Waals surface area contributed by atoms with Crippen LogP contribution in [0.25, 0.3) is 0 Å². The van der Waals surface area contributed by atoms with Gasteiger partial charge in [0.1, 0.15) is 25.4 Å². The third-order valence-corrected chi connectivity index (χ3v) is 4.42. The largest absolute Gasteiger partial charge is 0.545 e. The normalized spacial score (nSPS) is 10.6. The van der Waals surface area contributed by atoms with Crippen LogP contribution in [0.4, 0.5) is 0 Å². The minimum absolute atomic E-state index is 0.198. The summed E-state index contributed by atoms with van der Waals surface area (Å²) in [5, 5.41) is 13.6. The summed E-state index contributed by atoms with van der Waals surface area (Å²) in [6.07, 6.45) is 0. The molecule has 0 heterocycles. The zero-order valence-electron chi connectivity index (χ0n) is 14.7. The van der Waals surface area contributed by atoms with E-state index in [1.54, 1.807) is 12.1 Å². The van der Waals surface area contributed by atoms with Crippen molar-refractivity contribution < 1.29 is 20.0 Å². The highest BCUT2D eigenvalue weighted by molar-refractivity contribution is 6.30. The molecule has 0 saturated carbocycles. The molecule has 5 heteroatoms. The zero-order chi connectivity index (χ0) is 19.1. The van der Waals surface area contributed by atoms with Crippen LogP contribution in [0.15, 0.2) is 72.8 Å². The van der Waals surface area contributed by atoms with E-state index in [2.05, 4.69) is 11.4 Å². The number of rotatable bonds is 8. The second kappa shape index (κ2) is 9.21. The molecule has 0 saturated heterocycles. The molecule has 27 heavy (non-hydrogen) atoms. The molecule has 4 nitrogen and oxygen atoms in total. The first-order valence-electron chi connectivity index (χ1n) is 8.68. The van der Waals surface area contributed by atoms with E-state index in [4.69, 9.17) is 16.3 Å². The van der Waals surface area contributed by atoms with Crippen LogP contribution >= 0.6 is 11.6 Å². The quantitative estimate of drug-likeness (QED) is 0.652. The fraction of sp³-hybridized carbons (Fsp3) is 0.136. The van der Waals surface area contributed by atoms with E-state index in [0.29, 0.717) is 11.6 Å². The number of ether oxygens (including phenoxy) is 1. The van der Waals surface area contributed by atoms with Gasteiger partial charge in [0.2, 0.25) is 0 Å². The summed E-state index contributed by atoms with van der Waals surface area (Å²) < 4.78 is 5.85. The molecule has 3 aromatic carbocycles. The first-order valence-corrected chi connectivity index (χ1v) is 9.06. The average Bonchev–Trinajstić information content (AvgIpc) is 2.68. The molecule has 0 aliphatic carbocycles. The molecule has 0 unspecified atom stereocenters. The summed E-state index contributed by atoms with van der Waals surface area (Å²) in [6, 6.07) is 22.4. The number of carboxylic acid groups (broad SMARTS) is 1. The Labute approximate surface area is 163 Å². The molecular formula is C22H20ClNO3. The van der Waals surface area contributed by atoms with Crippen LogP contribution in [-0.2, 0) is 19.7 Å². The summed E-state index contributed by atoms with van der Waals surface area (Å²) >= 11 is 5.89. The maximum Gasteiger partial charge on any atom is 0.120 e. The third-order valence-electron chi connectivity index (χ3n) is 4.17. The summed E-state index contributed by atoms with van der Waals surface area (Å²) in [5.41, 5.74) is 3.49. The fourth-order valence-electron chi connectivity index (χ4n) is 2.69. The van der Waals surface area contributed by atoms with Crippen LogP contribution in [0.5, 0.6) is 5.75 Å². The predicted octanol–water partition coefficient (Wildman–Crippen LogP) is 2.55. The topological polar surface area (TPSA) is 66.0 Å². The summed E-state index contributed by atoms with van der Waals surface area (Å²) in [4.78, 5) is 10.8. The molecule has 3 aromatic rings. The van der Waals surface area contributed by atoms with Gasteiger partial charge in [-0.3, -0.25) is 0 Å². The van der Waals surface area contributed by atoms with Crippen molar-refractivity contribution in [1.29, 1.82) is 0 Å². The minimum atomic E-state index is -1.15. The first-order chi connectivity index (χ1) is 13.1. The Morgan fingerprint density at radius 1 is 0.889 bits per heavy atom. The van der Waals surface area contributed by atoms with Crippen molar-refractivity contribution in [1.82, 2.24) is 0 Å². The molecule has 0 aliphatic heterocycles. The van der Waals surface area contributed by atoms with Gasteiger partial charge in [-0.15, -0.1) is 0 Å². The van der Waals surface area contributed by atoms with E-state index in [-0.39, 0.29) is 5.56 Å². The average molecular weight is 382 g/mol. The van der Waals surface area contributed by atoms with Gasteiger partial charge in [-0.1, -0.05) is 60.1 Å². The van der Waals surface area contributed by atoms with Gasteiger partial charge in [0, 0.05) is 16.1 Å². The maximum absolute atomic E-state index is 10.8. The number of carboxylic acids is 1. The monoisotopic (exact) mass is 381 g/mol. The molecule has 3 rings (SSSR count). The van der Waals surface area contributed by atoms with E-state index >= 15 is 0 Å². The van der Waals surface area contributed by atoms with E-state index in [1.807, 2.05) is 54.6 Å². The van der Waals surface area contributed by atoms with Gasteiger partial charge in [-0.2, -0.15) is 0 Å². The molecule has 0 spiro atoms. The van der Waals surface area contributed by atoms with Crippen molar-refractivity contribution >= 4 is 17.6 Å². The number of nitrogens with two attached hydrogens (primary N) is 1. The fourth-order valence-corrected chi connectivity index (χ4v) is 2.82. The summed E-state index contributed by atoms with van der Waals surface area (Å²) in [5.74, 6) is -0.324. The zero-order valence-corrected chi connectivity index (χ0v) is 15.5. The minimum Gasteiger partial charge on any atom is -0.545 e. The van der Waals surface area contributed by atoms with Gasteiger partial charge in [0.05, 0.1) is 5.97 Å². The Balaban J connectivity index is 1.49. The van der Waals surface area contributed by atoms with E-state index in [1.165, 1.54) is 0 Å². The summed E-state index contributed by atoms with van der Waals surface area (Å²) in [7, 11) is 0. The Morgan fingerprint density at radius 2 is 1.56 bits per heavy atom. The van der Waals surface area contributed by atoms with E-state index in [0.717, 1.165) is 35.5 Å². The van der Waals surface area contributed by atoms with Crippen molar-refractivity contribution in [2.24, 2.45) is 0 Å². The Hall–Kier alpha value is -2.82. The lowest BCUT2D eigenvalue weighted by atomic mass is 10.1. The molecule has 0 amide bonds. The van der Waals surface area contributed by atoms with E-state index in [9.17, 15) is 9.90 Å². The lowest BCUT2D eigenvalue weighted by molar-refractivity contribution is -0.686. The standard InChI is InChI=1S/C22H20ClNO3/c23-20-10-6-17(7-11-20)15-27-21-3-1-2-18(12-21)14-24-13-16-4-8-19(9-5-16)22(25)26/h1-12,24H,13-15H2,(H,25,26). The number of halogens is 1. The number of quaternary nitrogens is 1. The van der Waals surface area contributed by atoms with Crippen LogP contribution in [0.1, 0.15) is 27.0 Å². The molecule has 2 N–H and O–H groups in total. The summed E-state index contributed by atoms with van der Waals surface area (Å²) in [6.45, 7) is 2.07. The van der Waals surface area contributed by atoms with Crippen molar-refractivity contribution in [3.8, 4) is 5.75 Å². The van der Waals surface area contributed by atoms with Gasteiger partial charge in [0.15, 0.2) is 0 Å². The molecule has 0 bridgehead atoms. The Morgan fingerprint density at radius 3 is 2.26 bits per heavy atom. The maximum atomic E-state index is 10.8. The Bertz CT molecular complexity index is 892. The van der Waals surface area contributed by atoms with Crippen molar-refractivity contribution in [3.63, 3.8) is 0 Å². The number of hydrogen-bond acceptors (Lipinski definition) is 3.